The summed E-state index contributed by atoms with van der Waals surface area (Å²) in [6.07, 6.45) is 6.99. The van der Waals surface area contributed by atoms with E-state index in [2.05, 4.69) is 15.3 Å². The Labute approximate surface area is 177 Å². The van der Waals surface area contributed by atoms with Crippen molar-refractivity contribution in [1.82, 2.24) is 9.97 Å². The maximum absolute atomic E-state index is 14.4. The first kappa shape index (κ1) is 18.6. The van der Waals surface area contributed by atoms with Gasteiger partial charge in [-0.3, -0.25) is 4.98 Å². The van der Waals surface area contributed by atoms with Gasteiger partial charge in [0.05, 0.1) is 5.02 Å². The molecule has 29 heavy (non-hydrogen) atoms. The highest BCUT2D eigenvalue weighted by Crippen LogP contribution is 2.59. The highest BCUT2D eigenvalue weighted by Gasteiger charge is 2.55. The van der Waals surface area contributed by atoms with Crippen molar-refractivity contribution in [2.75, 3.05) is 12.0 Å². The van der Waals surface area contributed by atoms with Gasteiger partial charge in [0.2, 0.25) is 0 Å². The molecular formula is C22H19Cl2FN4. The third kappa shape index (κ3) is 3.13. The van der Waals surface area contributed by atoms with Crippen molar-refractivity contribution < 1.29 is 4.39 Å². The minimum atomic E-state index is -0.764. The number of nitrogens with two attached hydrogens (primary N) is 1. The van der Waals surface area contributed by atoms with Gasteiger partial charge in [0.15, 0.2) is 5.82 Å². The zero-order valence-corrected chi connectivity index (χ0v) is 17.0. The largest absolute Gasteiger partial charge is 0.402 e. The summed E-state index contributed by atoms with van der Waals surface area (Å²) in [5.41, 5.74) is 8.35. The lowest BCUT2D eigenvalue weighted by Crippen LogP contribution is -2.34. The molecule has 3 atom stereocenters. The van der Waals surface area contributed by atoms with Crippen LogP contribution in [0.2, 0.25) is 10.0 Å². The Bertz CT molecular complexity index is 1150. The van der Waals surface area contributed by atoms with Crippen molar-refractivity contribution in [1.29, 1.82) is 0 Å². The van der Waals surface area contributed by atoms with Gasteiger partial charge in [0.1, 0.15) is 12.2 Å². The van der Waals surface area contributed by atoms with Gasteiger partial charge >= 0.3 is 0 Å². The molecule has 2 aliphatic rings. The van der Waals surface area contributed by atoms with Crippen molar-refractivity contribution in [3.8, 4) is 0 Å². The van der Waals surface area contributed by atoms with Crippen molar-refractivity contribution in [2.24, 2.45) is 17.6 Å². The smallest absolute Gasteiger partial charge is 0.156 e. The van der Waals surface area contributed by atoms with Crippen LogP contribution < -0.4 is 11.1 Å². The van der Waals surface area contributed by atoms with E-state index in [1.807, 2.05) is 30.3 Å². The van der Waals surface area contributed by atoms with Crippen LogP contribution in [0.5, 0.6) is 0 Å². The number of fused-ring (bicyclic) bond motifs is 2. The number of aromatic nitrogens is 2. The van der Waals surface area contributed by atoms with Gasteiger partial charge in [0, 0.05) is 39.6 Å². The van der Waals surface area contributed by atoms with Gasteiger partial charge in [-0.15, -0.1) is 0 Å². The molecule has 0 saturated heterocycles. The number of hydrogen-bond donors (Lipinski definition) is 2. The standard InChI is InChI=1S/C22H19Cl2FN4/c23-14-5-12-3-4-27-21(20(12)28-10-14)29-16-1-2-19(24)18(8-16)22(11-25)9-15(26)6-13-7-17(13)22/h1-5,8-10,13,17H,6-7,11,26H2,(H,27,29)/t13-,17+,22-/m1/s1. The second-order valence-electron chi connectivity index (χ2n) is 7.90. The minimum Gasteiger partial charge on any atom is -0.402 e. The molecule has 1 aromatic carbocycles. The van der Waals surface area contributed by atoms with Gasteiger partial charge in [0.25, 0.3) is 0 Å². The number of anilines is 2. The third-order valence-electron chi connectivity index (χ3n) is 6.04. The molecule has 1 saturated carbocycles. The van der Waals surface area contributed by atoms with Crippen molar-refractivity contribution >= 4 is 45.6 Å². The highest BCUT2D eigenvalue weighted by atomic mass is 35.5. The molecular weight excluding hydrogens is 410 g/mol. The summed E-state index contributed by atoms with van der Waals surface area (Å²) in [5.74, 6) is 1.29. The molecule has 2 aliphatic carbocycles. The molecule has 2 aromatic heterocycles. The molecule has 4 nitrogen and oxygen atoms in total. The number of allylic oxidation sites excluding steroid dienone is 2. The van der Waals surface area contributed by atoms with Crippen LogP contribution in [-0.4, -0.2) is 16.6 Å². The summed E-state index contributed by atoms with van der Waals surface area (Å²) in [6, 6.07) is 9.25. The predicted octanol–water partition coefficient (Wildman–Crippen LogP) is 5.77. The first-order valence-electron chi connectivity index (χ1n) is 9.50. The number of rotatable bonds is 4. The van der Waals surface area contributed by atoms with Crippen LogP contribution in [0.3, 0.4) is 0 Å². The lowest BCUT2D eigenvalue weighted by molar-refractivity contribution is 0.304. The molecule has 1 fully saturated rings. The third-order valence-corrected chi connectivity index (χ3v) is 6.58. The number of nitrogens with zero attached hydrogens (tertiary/aromatic N) is 2. The topological polar surface area (TPSA) is 63.8 Å². The lowest BCUT2D eigenvalue weighted by atomic mass is 9.72. The average Bonchev–Trinajstić information content (AvgIpc) is 3.48. The molecule has 0 bridgehead atoms. The molecule has 0 amide bonds. The normalized spacial score (nSPS) is 25.4. The van der Waals surface area contributed by atoms with Gasteiger partial charge in [-0.2, -0.15) is 0 Å². The number of halogens is 3. The Morgan fingerprint density at radius 3 is 2.90 bits per heavy atom. The van der Waals surface area contributed by atoms with E-state index < -0.39 is 12.1 Å². The molecule has 0 unspecified atom stereocenters. The summed E-state index contributed by atoms with van der Waals surface area (Å²) in [6.45, 7) is -0.523. The molecule has 0 spiro atoms. The molecule has 2 heterocycles. The van der Waals surface area contributed by atoms with Crippen LogP contribution >= 0.6 is 23.2 Å². The van der Waals surface area contributed by atoms with E-state index in [9.17, 15) is 4.39 Å². The maximum Gasteiger partial charge on any atom is 0.156 e. The van der Waals surface area contributed by atoms with Crippen LogP contribution in [0.1, 0.15) is 18.4 Å². The fourth-order valence-electron chi connectivity index (χ4n) is 4.61. The van der Waals surface area contributed by atoms with Gasteiger partial charge in [-0.25, -0.2) is 9.37 Å². The number of alkyl halides is 1. The van der Waals surface area contributed by atoms with E-state index in [4.69, 9.17) is 28.9 Å². The SMILES string of the molecule is NC1=C[C@](CF)(c2cc(Nc3nccc4cc(Cl)cnc34)ccc2Cl)[C@H]2C[C@H]2C1. The van der Waals surface area contributed by atoms with E-state index in [1.165, 1.54) is 0 Å². The zero-order valence-electron chi connectivity index (χ0n) is 15.5. The Balaban J connectivity index is 1.57. The van der Waals surface area contributed by atoms with E-state index in [0.29, 0.717) is 27.3 Å². The number of nitrogens with one attached hydrogen (secondary N) is 1. The number of benzene rings is 1. The monoisotopic (exact) mass is 428 g/mol. The van der Waals surface area contributed by atoms with Crippen molar-refractivity contribution in [3.63, 3.8) is 0 Å². The molecule has 5 rings (SSSR count). The van der Waals surface area contributed by atoms with Crippen LogP contribution in [0, 0.1) is 11.8 Å². The Morgan fingerprint density at radius 2 is 2.07 bits per heavy atom. The fraction of sp³-hybridized carbons (Fsp3) is 0.273. The Kier molecular flexibility index (Phi) is 4.41. The van der Waals surface area contributed by atoms with Crippen molar-refractivity contribution in [3.05, 3.63) is 70.1 Å². The summed E-state index contributed by atoms with van der Waals surface area (Å²) in [7, 11) is 0. The van der Waals surface area contributed by atoms with Crippen molar-refractivity contribution in [2.45, 2.75) is 18.3 Å². The predicted molar refractivity (Wildman–Crippen MR) is 115 cm³/mol. The summed E-state index contributed by atoms with van der Waals surface area (Å²) < 4.78 is 14.4. The summed E-state index contributed by atoms with van der Waals surface area (Å²) in [5, 5.41) is 5.29. The molecule has 3 aromatic rings. The average molecular weight is 429 g/mol. The molecule has 0 aliphatic heterocycles. The van der Waals surface area contributed by atoms with Crippen LogP contribution in [0.4, 0.5) is 15.9 Å². The quantitative estimate of drug-likeness (QED) is 0.553. The highest BCUT2D eigenvalue weighted by molar-refractivity contribution is 6.31. The van der Waals surface area contributed by atoms with Gasteiger partial charge < -0.3 is 11.1 Å². The Hall–Kier alpha value is -2.37. The fourth-order valence-corrected chi connectivity index (χ4v) is 5.07. The molecule has 148 valence electrons. The van der Waals surface area contributed by atoms with E-state index in [-0.39, 0.29) is 5.92 Å². The minimum absolute atomic E-state index is 0.243. The lowest BCUT2D eigenvalue weighted by Gasteiger charge is -2.33. The second kappa shape index (κ2) is 6.85. The maximum atomic E-state index is 14.4. The molecule has 0 radical (unpaired) electrons. The van der Waals surface area contributed by atoms with Gasteiger partial charge in [-0.05, 0) is 60.6 Å². The molecule has 7 heteroatoms. The first-order chi connectivity index (χ1) is 14.0. The second-order valence-corrected chi connectivity index (χ2v) is 8.75. The zero-order chi connectivity index (χ0) is 20.2. The van der Waals surface area contributed by atoms with Crippen LogP contribution in [-0.2, 0) is 5.41 Å². The van der Waals surface area contributed by atoms with E-state index >= 15 is 0 Å². The van der Waals surface area contributed by atoms with E-state index in [0.717, 1.165) is 35.2 Å². The summed E-state index contributed by atoms with van der Waals surface area (Å²) >= 11 is 12.6. The van der Waals surface area contributed by atoms with Gasteiger partial charge in [-0.1, -0.05) is 29.3 Å². The number of pyridine rings is 2. The number of hydrogen-bond acceptors (Lipinski definition) is 4. The first-order valence-corrected chi connectivity index (χ1v) is 10.3. The Morgan fingerprint density at radius 1 is 1.21 bits per heavy atom. The molecule has 3 N–H and O–H groups in total. The van der Waals surface area contributed by atoms with Crippen LogP contribution in [0.25, 0.3) is 10.9 Å². The summed E-state index contributed by atoms with van der Waals surface area (Å²) in [4.78, 5) is 8.81. The van der Waals surface area contributed by atoms with E-state index in [1.54, 1.807) is 18.5 Å². The van der Waals surface area contributed by atoms with Crippen LogP contribution in [0.15, 0.2) is 54.5 Å².